The molecule has 9 nitrogen and oxygen atoms in total. The summed E-state index contributed by atoms with van der Waals surface area (Å²) in [6, 6.07) is 3.68. The molecule has 134 valence electrons. The van der Waals surface area contributed by atoms with Crippen LogP contribution >= 0.6 is 0 Å². The van der Waals surface area contributed by atoms with Gasteiger partial charge in [-0.15, -0.1) is 10.2 Å². The molecular weight excluding hydrogens is 334 g/mol. The third-order valence-electron chi connectivity index (χ3n) is 4.98. The van der Waals surface area contributed by atoms with Crippen molar-refractivity contribution in [3.8, 4) is 0 Å². The molecule has 0 bridgehead atoms. The van der Waals surface area contributed by atoms with E-state index >= 15 is 0 Å². The molecular formula is C17H19N7O2. The number of nitrogens with zero attached hydrogens (tertiary/aromatic N) is 7. The van der Waals surface area contributed by atoms with Gasteiger partial charge in [0.25, 0.3) is 5.91 Å². The fourth-order valence-electron chi connectivity index (χ4n) is 3.35. The highest BCUT2D eigenvalue weighted by Crippen LogP contribution is 2.40. The molecule has 9 heteroatoms. The first kappa shape index (κ1) is 15.3. The second-order valence-electron chi connectivity index (χ2n) is 6.82. The quantitative estimate of drug-likeness (QED) is 0.697. The number of carbonyl (C=O) groups is 1. The largest absolute Gasteiger partial charge is 0.360 e. The summed E-state index contributed by atoms with van der Waals surface area (Å²) in [5.74, 6) is 2.97. The molecule has 0 spiro atoms. The average Bonchev–Trinajstić information content (AvgIpc) is 3.05. The Morgan fingerprint density at radius 3 is 2.96 bits per heavy atom. The van der Waals surface area contributed by atoms with Gasteiger partial charge in [0.05, 0.1) is 0 Å². The minimum absolute atomic E-state index is 0.0759. The molecule has 0 aromatic carbocycles. The van der Waals surface area contributed by atoms with Crippen LogP contribution in [0.15, 0.2) is 29.0 Å². The van der Waals surface area contributed by atoms with Crippen LogP contribution in [0.3, 0.4) is 0 Å². The first-order chi connectivity index (χ1) is 12.8. The number of carbonyl (C=O) groups excluding carboxylic acids is 1. The summed E-state index contributed by atoms with van der Waals surface area (Å²) < 4.78 is 9.23. The van der Waals surface area contributed by atoms with Gasteiger partial charge in [-0.3, -0.25) is 9.48 Å². The Bertz CT molecular complexity index is 923. The van der Waals surface area contributed by atoms with Crippen LogP contribution in [0.4, 0.5) is 0 Å². The van der Waals surface area contributed by atoms with Crippen molar-refractivity contribution in [2.75, 3.05) is 13.1 Å². The fraction of sp³-hybridized carbons (Fsp3) is 0.471. The first-order valence-electron chi connectivity index (χ1n) is 8.92. The smallest absolute Gasteiger partial charge is 0.276 e. The molecule has 0 radical (unpaired) electrons. The monoisotopic (exact) mass is 353 g/mol. The summed E-state index contributed by atoms with van der Waals surface area (Å²) in [7, 11) is 0. The van der Waals surface area contributed by atoms with E-state index in [0.717, 1.165) is 30.3 Å². The molecule has 0 saturated heterocycles. The Morgan fingerprint density at radius 1 is 1.23 bits per heavy atom. The highest BCUT2D eigenvalue weighted by Gasteiger charge is 2.30. The van der Waals surface area contributed by atoms with Gasteiger partial charge >= 0.3 is 0 Å². The van der Waals surface area contributed by atoms with Crippen molar-refractivity contribution in [1.82, 2.24) is 34.6 Å². The Balaban J connectivity index is 1.30. The SMILES string of the molecule is O=C(c1cc(C2CC2)on1)N1CCc2nnc(Cn3cccn3)n2CC1. The third kappa shape index (κ3) is 2.79. The molecule has 1 amide bonds. The van der Waals surface area contributed by atoms with Crippen molar-refractivity contribution < 1.29 is 9.32 Å². The Kier molecular flexibility index (Phi) is 3.58. The van der Waals surface area contributed by atoms with E-state index in [-0.39, 0.29) is 5.91 Å². The summed E-state index contributed by atoms with van der Waals surface area (Å²) >= 11 is 0. The van der Waals surface area contributed by atoms with E-state index in [1.807, 2.05) is 21.8 Å². The lowest BCUT2D eigenvalue weighted by molar-refractivity contribution is 0.0748. The van der Waals surface area contributed by atoms with Crippen molar-refractivity contribution in [2.24, 2.45) is 0 Å². The minimum atomic E-state index is -0.0759. The molecule has 4 heterocycles. The van der Waals surface area contributed by atoms with Gasteiger partial charge in [0.2, 0.25) is 0 Å². The van der Waals surface area contributed by atoms with E-state index in [0.29, 0.717) is 44.2 Å². The molecule has 1 aliphatic carbocycles. The maximum absolute atomic E-state index is 12.8. The molecule has 0 N–H and O–H groups in total. The van der Waals surface area contributed by atoms with E-state index in [2.05, 4.69) is 25.0 Å². The second kappa shape index (κ2) is 6.08. The van der Waals surface area contributed by atoms with E-state index < -0.39 is 0 Å². The molecule has 3 aromatic rings. The zero-order valence-corrected chi connectivity index (χ0v) is 14.3. The van der Waals surface area contributed by atoms with Crippen molar-refractivity contribution >= 4 is 5.91 Å². The molecule has 3 aromatic heterocycles. The van der Waals surface area contributed by atoms with E-state index in [4.69, 9.17) is 4.52 Å². The first-order valence-corrected chi connectivity index (χ1v) is 8.92. The van der Waals surface area contributed by atoms with E-state index in [1.165, 1.54) is 0 Å². The zero-order chi connectivity index (χ0) is 17.5. The van der Waals surface area contributed by atoms with E-state index in [1.54, 1.807) is 12.3 Å². The molecule has 1 fully saturated rings. The van der Waals surface area contributed by atoms with Gasteiger partial charge in [0.15, 0.2) is 11.5 Å². The number of hydrogen-bond acceptors (Lipinski definition) is 6. The normalized spacial score (nSPS) is 17.2. The molecule has 26 heavy (non-hydrogen) atoms. The Morgan fingerprint density at radius 2 is 2.15 bits per heavy atom. The molecule has 1 saturated carbocycles. The average molecular weight is 353 g/mol. The topological polar surface area (TPSA) is 94.9 Å². The predicted molar refractivity (Wildman–Crippen MR) is 89.4 cm³/mol. The standard InChI is InChI=1S/C17H19N7O2/c25-17(13-10-14(26-21-13)12-2-3-12)22-7-4-15-19-20-16(24(15)9-8-22)11-23-6-1-5-18-23/h1,5-6,10,12H,2-4,7-9,11H2. The number of rotatable bonds is 4. The van der Waals surface area contributed by atoms with Crippen LogP contribution in [-0.2, 0) is 19.5 Å². The number of amides is 1. The lowest BCUT2D eigenvalue weighted by Gasteiger charge is -2.18. The fourth-order valence-corrected chi connectivity index (χ4v) is 3.35. The highest BCUT2D eigenvalue weighted by molar-refractivity contribution is 5.92. The molecule has 5 rings (SSSR count). The number of fused-ring (bicyclic) bond motifs is 1. The van der Waals surface area contributed by atoms with Gasteiger partial charge in [-0.05, 0) is 18.9 Å². The second-order valence-corrected chi connectivity index (χ2v) is 6.82. The Hall–Kier alpha value is -2.97. The van der Waals surface area contributed by atoms with Crippen LogP contribution in [0.1, 0.15) is 46.7 Å². The summed E-state index contributed by atoms with van der Waals surface area (Å²) in [4.78, 5) is 14.6. The maximum atomic E-state index is 12.8. The summed E-state index contributed by atoms with van der Waals surface area (Å²) in [5, 5.41) is 16.8. The number of hydrogen-bond donors (Lipinski definition) is 0. The predicted octanol–water partition coefficient (Wildman–Crippen LogP) is 1.09. The molecule has 0 atom stereocenters. The minimum Gasteiger partial charge on any atom is -0.360 e. The van der Waals surface area contributed by atoms with Gasteiger partial charge in [0.1, 0.15) is 18.1 Å². The third-order valence-corrected chi connectivity index (χ3v) is 4.98. The van der Waals surface area contributed by atoms with Crippen LogP contribution in [-0.4, -0.2) is 53.6 Å². The van der Waals surface area contributed by atoms with Crippen LogP contribution in [0.2, 0.25) is 0 Å². The van der Waals surface area contributed by atoms with E-state index in [9.17, 15) is 4.79 Å². The molecule has 2 aliphatic rings. The van der Waals surface area contributed by atoms with Crippen molar-refractivity contribution in [1.29, 1.82) is 0 Å². The zero-order valence-electron chi connectivity index (χ0n) is 14.3. The van der Waals surface area contributed by atoms with Gasteiger partial charge in [-0.1, -0.05) is 5.16 Å². The molecule has 1 aliphatic heterocycles. The van der Waals surface area contributed by atoms with Crippen LogP contribution in [0, 0.1) is 0 Å². The summed E-state index contributed by atoms with van der Waals surface area (Å²) in [6.07, 6.45) is 6.56. The summed E-state index contributed by atoms with van der Waals surface area (Å²) in [5.41, 5.74) is 0.404. The maximum Gasteiger partial charge on any atom is 0.276 e. The summed E-state index contributed by atoms with van der Waals surface area (Å²) in [6.45, 7) is 2.44. The van der Waals surface area contributed by atoms with Crippen LogP contribution in [0.25, 0.3) is 0 Å². The van der Waals surface area contributed by atoms with Gasteiger partial charge in [-0.2, -0.15) is 5.10 Å². The molecule has 0 unspecified atom stereocenters. The van der Waals surface area contributed by atoms with Crippen molar-refractivity contribution in [3.63, 3.8) is 0 Å². The Labute approximate surface area is 149 Å². The van der Waals surface area contributed by atoms with Crippen LogP contribution < -0.4 is 0 Å². The van der Waals surface area contributed by atoms with Crippen molar-refractivity contribution in [3.05, 3.63) is 47.6 Å². The number of aromatic nitrogens is 6. The van der Waals surface area contributed by atoms with Gasteiger partial charge in [-0.25, -0.2) is 0 Å². The van der Waals surface area contributed by atoms with Gasteiger partial charge < -0.3 is 14.0 Å². The lowest BCUT2D eigenvalue weighted by atomic mass is 10.2. The highest BCUT2D eigenvalue weighted by atomic mass is 16.5. The van der Waals surface area contributed by atoms with Crippen LogP contribution in [0.5, 0.6) is 0 Å². The van der Waals surface area contributed by atoms with Gasteiger partial charge in [0, 0.05) is 50.4 Å². The van der Waals surface area contributed by atoms with Crippen molar-refractivity contribution in [2.45, 2.75) is 38.3 Å². The lowest BCUT2D eigenvalue weighted by Crippen LogP contribution is -2.34.